The fourth-order valence-electron chi connectivity index (χ4n) is 3.93. The average Bonchev–Trinajstić information content (AvgIpc) is 2.91. The maximum atomic E-state index is 3.82. The smallest absolute Gasteiger partial charge is 0.0443 e. The number of aryl methyl sites for hydroxylation is 1. The van der Waals surface area contributed by atoms with Crippen molar-refractivity contribution in [2.75, 3.05) is 12.3 Å². The Morgan fingerprint density at radius 2 is 2.14 bits per heavy atom. The highest BCUT2D eigenvalue weighted by atomic mass is 32.2. The second-order valence-electron chi connectivity index (χ2n) is 6.96. The molecule has 1 nitrogen and oxygen atoms in total. The zero-order valence-electron chi connectivity index (χ0n) is 13.7. The fraction of sp³-hybridized carbons (Fsp3) is 0.778. The molecule has 0 aromatic carbocycles. The number of rotatable bonds is 4. The van der Waals surface area contributed by atoms with Crippen LogP contribution in [0.15, 0.2) is 6.07 Å². The van der Waals surface area contributed by atoms with E-state index in [0.717, 1.165) is 24.3 Å². The van der Waals surface area contributed by atoms with Gasteiger partial charge in [-0.3, -0.25) is 0 Å². The Balaban J connectivity index is 1.79. The first-order valence-electron chi connectivity index (χ1n) is 8.61. The molecule has 2 aliphatic rings. The number of thioether (sulfide) groups is 1. The lowest BCUT2D eigenvalue weighted by atomic mass is 9.73. The van der Waals surface area contributed by atoms with Crippen LogP contribution in [0, 0.1) is 17.8 Å². The van der Waals surface area contributed by atoms with Crippen molar-refractivity contribution in [3.63, 3.8) is 0 Å². The molecule has 0 bridgehead atoms. The van der Waals surface area contributed by atoms with Crippen molar-refractivity contribution < 1.29 is 0 Å². The van der Waals surface area contributed by atoms with Gasteiger partial charge in [0.05, 0.1) is 0 Å². The van der Waals surface area contributed by atoms with E-state index >= 15 is 0 Å². The van der Waals surface area contributed by atoms with Crippen molar-refractivity contribution in [1.82, 2.24) is 5.32 Å². The van der Waals surface area contributed by atoms with Crippen LogP contribution in [0.2, 0.25) is 0 Å². The Morgan fingerprint density at radius 3 is 2.86 bits per heavy atom. The van der Waals surface area contributed by atoms with Crippen molar-refractivity contribution in [1.29, 1.82) is 0 Å². The van der Waals surface area contributed by atoms with Crippen LogP contribution < -0.4 is 5.32 Å². The van der Waals surface area contributed by atoms with E-state index in [1.54, 1.807) is 15.3 Å². The zero-order chi connectivity index (χ0) is 14.8. The van der Waals surface area contributed by atoms with Crippen LogP contribution in [-0.2, 0) is 12.2 Å². The van der Waals surface area contributed by atoms with E-state index in [9.17, 15) is 0 Å². The molecule has 1 N–H and O–H groups in total. The maximum Gasteiger partial charge on any atom is 0.0443 e. The monoisotopic (exact) mass is 323 g/mol. The van der Waals surface area contributed by atoms with Gasteiger partial charge in [0.1, 0.15) is 0 Å². The van der Waals surface area contributed by atoms with E-state index in [2.05, 4.69) is 55.3 Å². The average molecular weight is 324 g/mol. The summed E-state index contributed by atoms with van der Waals surface area (Å²) in [5, 5.41) is 3.82. The Labute approximate surface area is 138 Å². The van der Waals surface area contributed by atoms with Gasteiger partial charge in [0.25, 0.3) is 0 Å². The molecule has 1 aliphatic carbocycles. The molecule has 3 heteroatoms. The van der Waals surface area contributed by atoms with E-state index in [1.807, 2.05) is 0 Å². The highest BCUT2D eigenvalue weighted by Crippen LogP contribution is 2.43. The van der Waals surface area contributed by atoms with Crippen LogP contribution in [0.25, 0.3) is 0 Å². The number of hydrogen-bond donors (Lipinski definition) is 1. The molecule has 1 saturated carbocycles. The van der Waals surface area contributed by atoms with E-state index in [-0.39, 0.29) is 0 Å². The highest BCUT2D eigenvalue weighted by Gasteiger charge is 2.32. The molecule has 4 unspecified atom stereocenters. The second kappa shape index (κ2) is 7.06. The summed E-state index contributed by atoms with van der Waals surface area (Å²) in [5.74, 6) is 5.19. The second-order valence-corrected chi connectivity index (χ2v) is 9.24. The van der Waals surface area contributed by atoms with Crippen molar-refractivity contribution in [3.05, 3.63) is 21.4 Å². The quantitative estimate of drug-likeness (QED) is 0.811. The van der Waals surface area contributed by atoms with E-state index < -0.39 is 0 Å². The summed E-state index contributed by atoms with van der Waals surface area (Å²) in [6.45, 7) is 8.23. The van der Waals surface area contributed by atoms with Crippen molar-refractivity contribution in [2.24, 2.45) is 17.8 Å². The zero-order valence-corrected chi connectivity index (χ0v) is 15.3. The van der Waals surface area contributed by atoms with Crippen LogP contribution in [0.1, 0.15) is 61.4 Å². The SMILES string of the molecule is CCNC(c1cc2c(s1)CCSC2)C1CCC(C)C(C)C1. The van der Waals surface area contributed by atoms with Gasteiger partial charge in [-0.05, 0) is 60.9 Å². The van der Waals surface area contributed by atoms with Crippen LogP contribution in [-0.4, -0.2) is 12.3 Å². The number of thiophene rings is 1. The summed E-state index contributed by atoms with van der Waals surface area (Å²) in [6, 6.07) is 3.13. The van der Waals surface area contributed by atoms with Gasteiger partial charge in [-0.1, -0.05) is 27.2 Å². The lowest BCUT2D eigenvalue weighted by molar-refractivity contribution is 0.173. The minimum Gasteiger partial charge on any atom is -0.309 e. The first-order chi connectivity index (χ1) is 10.2. The van der Waals surface area contributed by atoms with Crippen LogP contribution in [0.3, 0.4) is 0 Å². The topological polar surface area (TPSA) is 12.0 Å². The molecule has 3 rings (SSSR count). The molecular formula is C18H29NS2. The van der Waals surface area contributed by atoms with Crippen LogP contribution in [0.4, 0.5) is 0 Å². The van der Waals surface area contributed by atoms with Gasteiger partial charge >= 0.3 is 0 Å². The summed E-state index contributed by atoms with van der Waals surface area (Å²) < 4.78 is 0. The number of nitrogens with one attached hydrogen (secondary N) is 1. The molecule has 118 valence electrons. The van der Waals surface area contributed by atoms with Gasteiger partial charge in [0.2, 0.25) is 0 Å². The summed E-state index contributed by atoms with van der Waals surface area (Å²) in [5.41, 5.74) is 1.63. The molecule has 21 heavy (non-hydrogen) atoms. The van der Waals surface area contributed by atoms with Crippen molar-refractivity contribution >= 4 is 23.1 Å². The molecular weight excluding hydrogens is 294 g/mol. The normalized spacial score (nSPS) is 30.9. The van der Waals surface area contributed by atoms with Gasteiger partial charge < -0.3 is 5.32 Å². The third-order valence-electron chi connectivity index (χ3n) is 5.49. The van der Waals surface area contributed by atoms with Gasteiger partial charge in [-0.25, -0.2) is 0 Å². The molecule has 1 aliphatic heterocycles. The third-order valence-corrected chi connectivity index (χ3v) is 7.82. The van der Waals surface area contributed by atoms with Crippen molar-refractivity contribution in [3.8, 4) is 0 Å². The molecule has 0 saturated heterocycles. The fourth-order valence-corrected chi connectivity index (χ4v) is 6.48. The predicted octanol–water partition coefficient (Wildman–Crippen LogP) is 5.26. The summed E-state index contributed by atoms with van der Waals surface area (Å²) in [4.78, 5) is 3.29. The van der Waals surface area contributed by atoms with Gasteiger partial charge in [0, 0.05) is 21.5 Å². The minimum absolute atomic E-state index is 0.602. The molecule has 2 heterocycles. The summed E-state index contributed by atoms with van der Waals surface area (Å²) in [6.07, 6.45) is 5.51. The van der Waals surface area contributed by atoms with Crippen molar-refractivity contribution in [2.45, 2.75) is 58.2 Å². The van der Waals surface area contributed by atoms with Crippen LogP contribution in [0.5, 0.6) is 0 Å². The number of hydrogen-bond acceptors (Lipinski definition) is 3. The molecule has 1 aromatic rings. The first kappa shape index (κ1) is 15.9. The maximum absolute atomic E-state index is 3.82. The summed E-state index contributed by atoms with van der Waals surface area (Å²) >= 11 is 4.20. The Bertz CT molecular complexity index is 444. The van der Waals surface area contributed by atoms with E-state index in [1.165, 1.54) is 37.2 Å². The molecule has 0 spiro atoms. The first-order valence-corrected chi connectivity index (χ1v) is 10.6. The van der Waals surface area contributed by atoms with Gasteiger partial charge in [-0.15, -0.1) is 11.3 Å². The van der Waals surface area contributed by atoms with Gasteiger partial charge in [0.15, 0.2) is 0 Å². The largest absolute Gasteiger partial charge is 0.309 e. The lowest BCUT2D eigenvalue weighted by Crippen LogP contribution is -2.32. The minimum atomic E-state index is 0.602. The molecule has 4 atom stereocenters. The third kappa shape index (κ3) is 3.51. The number of fused-ring (bicyclic) bond motifs is 1. The molecule has 1 fully saturated rings. The summed E-state index contributed by atoms with van der Waals surface area (Å²) in [7, 11) is 0. The lowest BCUT2D eigenvalue weighted by Gasteiger charge is -2.36. The molecule has 0 amide bonds. The Morgan fingerprint density at radius 1 is 1.29 bits per heavy atom. The van der Waals surface area contributed by atoms with Crippen LogP contribution >= 0.6 is 23.1 Å². The highest BCUT2D eigenvalue weighted by molar-refractivity contribution is 7.98. The Kier molecular flexibility index (Phi) is 5.34. The molecule has 1 aromatic heterocycles. The van der Waals surface area contributed by atoms with E-state index in [0.29, 0.717) is 6.04 Å². The van der Waals surface area contributed by atoms with E-state index in [4.69, 9.17) is 0 Å². The Hall–Kier alpha value is 0.01000. The van der Waals surface area contributed by atoms with Gasteiger partial charge in [-0.2, -0.15) is 11.8 Å². The molecule has 0 radical (unpaired) electrons. The standard InChI is InChI=1S/C18H29NS2/c1-4-19-18(14-6-5-12(2)13(3)9-14)17-10-15-11-20-8-7-16(15)21-17/h10,12-14,18-19H,4-9,11H2,1-3H3. The predicted molar refractivity (Wildman–Crippen MR) is 96.3 cm³/mol.